The van der Waals surface area contributed by atoms with Gasteiger partial charge in [0.25, 0.3) is 5.91 Å². The van der Waals surface area contributed by atoms with Crippen LogP contribution in [0, 0.1) is 3.57 Å². The number of nitrogens with two attached hydrogens (primary N) is 1. The van der Waals surface area contributed by atoms with Crippen molar-refractivity contribution < 1.29 is 4.79 Å². The summed E-state index contributed by atoms with van der Waals surface area (Å²) in [6.07, 6.45) is 3.48. The van der Waals surface area contributed by atoms with E-state index < -0.39 is 0 Å². The van der Waals surface area contributed by atoms with E-state index in [0.717, 1.165) is 30.7 Å². The van der Waals surface area contributed by atoms with Crippen LogP contribution in [0.1, 0.15) is 9.67 Å². The van der Waals surface area contributed by atoms with E-state index in [1.807, 2.05) is 48.5 Å². The van der Waals surface area contributed by atoms with Gasteiger partial charge in [-0.15, -0.1) is 11.3 Å². The first-order valence-electron chi connectivity index (χ1n) is 7.78. The Hall–Kier alpha value is -2.52. The summed E-state index contributed by atoms with van der Waals surface area (Å²) in [6, 6.07) is 15.2. The molecule has 5 nitrogen and oxygen atoms in total. The van der Waals surface area contributed by atoms with Crippen LogP contribution in [0.15, 0.2) is 60.9 Å². The van der Waals surface area contributed by atoms with E-state index in [1.54, 1.807) is 12.4 Å². The standard InChI is InChI=1S/C19H13IN4OS/c20-12-3-5-13(6-4-12)23-18(25)17-16(21)14-7-8-15(24-19(14)26-17)11-2-1-9-22-10-11/h1-10H,21H2,(H,23,25). The lowest BCUT2D eigenvalue weighted by Gasteiger charge is -2.04. The molecule has 26 heavy (non-hydrogen) atoms. The number of benzene rings is 1. The lowest BCUT2D eigenvalue weighted by Crippen LogP contribution is -2.11. The molecule has 0 aliphatic heterocycles. The highest BCUT2D eigenvalue weighted by atomic mass is 127. The average molecular weight is 472 g/mol. The van der Waals surface area contributed by atoms with Crippen molar-refractivity contribution in [1.82, 2.24) is 9.97 Å². The molecule has 1 aromatic carbocycles. The Morgan fingerprint density at radius 3 is 2.65 bits per heavy atom. The summed E-state index contributed by atoms with van der Waals surface area (Å²) in [4.78, 5) is 22.6. The van der Waals surface area contributed by atoms with Crippen molar-refractivity contribution in [2.45, 2.75) is 0 Å². The van der Waals surface area contributed by atoms with E-state index in [4.69, 9.17) is 5.73 Å². The second kappa shape index (κ2) is 7.00. The number of amides is 1. The van der Waals surface area contributed by atoms with Crippen LogP contribution in [0.5, 0.6) is 0 Å². The van der Waals surface area contributed by atoms with Crippen LogP contribution >= 0.6 is 33.9 Å². The summed E-state index contributed by atoms with van der Waals surface area (Å²) in [5.74, 6) is -0.227. The smallest absolute Gasteiger partial charge is 0.267 e. The number of fused-ring (bicyclic) bond motifs is 1. The number of carbonyl (C=O) groups is 1. The minimum Gasteiger partial charge on any atom is -0.397 e. The second-order valence-corrected chi connectivity index (χ2v) is 7.84. The molecule has 0 bridgehead atoms. The van der Waals surface area contributed by atoms with E-state index in [9.17, 15) is 4.79 Å². The third kappa shape index (κ3) is 3.27. The Morgan fingerprint density at radius 2 is 1.92 bits per heavy atom. The number of thiophene rings is 1. The minimum absolute atomic E-state index is 0.227. The van der Waals surface area contributed by atoms with Gasteiger partial charge >= 0.3 is 0 Å². The number of nitrogens with one attached hydrogen (secondary N) is 1. The molecule has 0 radical (unpaired) electrons. The van der Waals surface area contributed by atoms with Crippen LogP contribution in [0.25, 0.3) is 21.5 Å². The van der Waals surface area contributed by atoms with Crippen LogP contribution in [0.2, 0.25) is 0 Å². The molecule has 0 saturated heterocycles. The Kier molecular flexibility index (Phi) is 4.56. The van der Waals surface area contributed by atoms with Gasteiger partial charge in [-0.05, 0) is 71.1 Å². The number of rotatable bonds is 3. The van der Waals surface area contributed by atoms with Crippen molar-refractivity contribution in [3.8, 4) is 11.3 Å². The molecular weight excluding hydrogens is 459 g/mol. The van der Waals surface area contributed by atoms with Gasteiger partial charge in [-0.2, -0.15) is 0 Å². The second-order valence-electron chi connectivity index (χ2n) is 5.60. The van der Waals surface area contributed by atoms with E-state index >= 15 is 0 Å². The summed E-state index contributed by atoms with van der Waals surface area (Å²) in [7, 11) is 0. The van der Waals surface area contributed by atoms with Gasteiger partial charge in [0, 0.05) is 32.6 Å². The number of nitrogen functional groups attached to an aromatic ring is 1. The Morgan fingerprint density at radius 1 is 1.12 bits per heavy atom. The molecule has 3 aromatic heterocycles. The van der Waals surface area contributed by atoms with Crippen molar-refractivity contribution in [3.63, 3.8) is 0 Å². The van der Waals surface area contributed by atoms with Crippen LogP contribution < -0.4 is 11.1 Å². The molecule has 128 valence electrons. The van der Waals surface area contributed by atoms with Gasteiger partial charge in [0.15, 0.2) is 0 Å². The fraction of sp³-hybridized carbons (Fsp3) is 0. The van der Waals surface area contributed by atoms with Gasteiger partial charge in [0.05, 0.1) is 11.4 Å². The molecule has 4 rings (SSSR count). The van der Waals surface area contributed by atoms with Crippen molar-refractivity contribution in [2.24, 2.45) is 0 Å². The number of carbonyl (C=O) groups excluding carboxylic acids is 1. The number of anilines is 2. The summed E-state index contributed by atoms with van der Waals surface area (Å²) in [5, 5.41) is 3.67. The number of hydrogen-bond acceptors (Lipinski definition) is 5. The largest absolute Gasteiger partial charge is 0.397 e. The summed E-state index contributed by atoms with van der Waals surface area (Å²) in [5.41, 5.74) is 9.12. The molecule has 1 amide bonds. The third-order valence-electron chi connectivity index (χ3n) is 3.86. The van der Waals surface area contributed by atoms with E-state index in [2.05, 4.69) is 37.9 Å². The number of halogens is 1. The van der Waals surface area contributed by atoms with Gasteiger partial charge in [-0.3, -0.25) is 9.78 Å². The zero-order valence-electron chi connectivity index (χ0n) is 13.4. The Bertz CT molecular complexity index is 1090. The lowest BCUT2D eigenvalue weighted by molar-refractivity contribution is 0.103. The quantitative estimate of drug-likeness (QED) is 0.420. The molecule has 4 aromatic rings. The molecule has 0 spiro atoms. The normalized spacial score (nSPS) is 10.8. The van der Waals surface area contributed by atoms with Crippen molar-refractivity contribution in [1.29, 1.82) is 0 Å². The topological polar surface area (TPSA) is 80.9 Å². The average Bonchev–Trinajstić information content (AvgIpc) is 3.00. The lowest BCUT2D eigenvalue weighted by atomic mass is 10.1. The number of nitrogens with zero attached hydrogens (tertiary/aromatic N) is 2. The highest BCUT2D eigenvalue weighted by Gasteiger charge is 2.18. The molecule has 0 saturated carbocycles. The molecule has 0 aliphatic rings. The maximum absolute atomic E-state index is 12.6. The number of pyridine rings is 2. The summed E-state index contributed by atoms with van der Waals surface area (Å²) < 4.78 is 1.11. The minimum atomic E-state index is -0.227. The highest BCUT2D eigenvalue weighted by molar-refractivity contribution is 14.1. The first kappa shape index (κ1) is 16.9. The van der Waals surface area contributed by atoms with Crippen LogP contribution in [0.3, 0.4) is 0 Å². The predicted octanol–water partition coefficient (Wildman–Crippen LogP) is 4.80. The van der Waals surface area contributed by atoms with E-state index in [0.29, 0.717) is 10.6 Å². The monoisotopic (exact) mass is 472 g/mol. The Labute approximate surface area is 167 Å². The zero-order chi connectivity index (χ0) is 18.1. The van der Waals surface area contributed by atoms with Gasteiger partial charge in [0.1, 0.15) is 9.71 Å². The molecule has 3 heterocycles. The van der Waals surface area contributed by atoms with Gasteiger partial charge in [-0.25, -0.2) is 4.98 Å². The van der Waals surface area contributed by atoms with Crippen molar-refractivity contribution in [2.75, 3.05) is 11.1 Å². The zero-order valence-corrected chi connectivity index (χ0v) is 16.4. The SMILES string of the molecule is Nc1c(C(=O)Nc2ccc(I)cc2)sc2nc(-c3cccnc3)ccc12. The fourth-order valence-electron chi connectivity index (χ4n) is 2.56. The highest BCUT2D eigenvalue weighted by Crippen LogP contribution is 2.34. The third-order valence-corrected chi connectivity index (χ3v) is 5.69. The molecular formula is C19H13IN4OS. The van der Waals surface area contributed by atoms with E-state index in [1.165, 1.54) is 11.3 Å². The van der Waals surface area contributed by atoms with Gasteiger partial charge in [0.2, 0.25) is 0 Å². The predicted molar refractivity (Wildman–Crippen MR) is 114 cm³/mol. The maximum atomic E-state index is 12.6. The molecule has 0 fully saturated rings. The first-order chi connectivity index (χ1) is 12.6. The molecule has 3 N–H and O–H groups in total. The number of hydrogen-bond donors (Lipinski definition) is 2. The molecule has 0 atom stereocenters. The summed E-state index contributed by atoms with van der Waals surface area (Å²) in [6.45, 7) is 0. The van der Waals surface area contributed by atoms with Crippen molar-refractivity contribution in [3.05, 3.63) is 69.4 Å². The van der Waals surface area contributed by atoms with Crippen LogP contribution in [-0.2, 0) is 0 Å². The van der Waals surface area contributed by atoms with Crippen molar-refractivity contribution >= 4 is 61.4 Å². The van der Waals surface area contributed by atoms with Gasteiger partial charge < -0.3 is 11.1 Å². The van der Waals surface area contributed by atoms with Crippen LogP contribution in [0.4, 0.5) is 11.4 Å². The van der Waals surface area contributed by atoms with Crippen LogP contribution in [-0.4, -0.2) is 15.9 Å². The number of aromatic nitrogens is 2. The fourth-order valence-corrected chi connectivity index (χ4v) is 3.91. The maximum Gasteiger partial charge on any atom is 0.267 e. The first-order valence-corrected chi connectivity index (χ1v) is 9.67. The molecule has 0 unspecified atom stereocenters. The molecule has 7 heteroatoms. The molecule has 0 aliphatic carbocycles. The Balaban J connectivity index is 1.68. The van der Waals surface area contributed by atoms with E-state index in [-0.39, 0.29) is 5.91 Å². The summed E-state index contributed by atoms with van der Waals surface area (Å²) >= 11 is 3.51. The van der Waals surface area contributed by atoms with Gasteiger partial charge in [-0.1, -0.05) is 0 Å².